The second-order valence-electron chi connectivity index (χ2n) is 6.69. The lowest BCUT2D eigenvalue weighted by Crippen LogP contribution is -2.36. The maximum atomic E-state index is 12.9. The quantitative estimate of drug-likeness (QED) is 0.750. The van der Waals surface area contributed by atoms with Crippen LogP contribution in [-0.2, 0) is 9.59 Å². The van der Waals surface area contributed by atoms with Crippen LogP contribution < -0.4 is 10.6 Å². The molecule has 4 rings (SSSR count). The summed E-state index contributed by atoms with van der Waals surface area (Å²) in [6, 6.07) is 21.6. The van der Waals surface area contributed by atoms with Crippen LogP contribution >= 0.6 is 0 Å². The molecule has 1 aliphatic heterocycles. The molecule has 2 unspecified atom stereocenters. The average molecular weight is 344 g/mol. The molecule has 0 aromatic heterocycles. The molecule has 0 aliphatic carbocycles. The van der Waals surface area contributed by atoms with Gasteiger partial charge in [-0.05, 0) is 34.9 Å². The van der Waals surface area contributed by atoms with Crippen molar-refractivity contribution in [3.05, 3.63) is 77.9 Å². The molecule has 3 aromatic carbocycles. The molecule has 2 amide bonds. The van der Waals surface area contributed by atoms with E-state index in [1.807, 2.05) is 55.5 Å². The van der Waals surface area contributed by atoms with Crippen molar-refractivity contribution in [1.29, 1.82) is 0 Å². The molecule has 0 saturated carbocycles. The number of carbonyl (C=O) groups excluding carboxylic acids is 2. The van der Waals surface area contributed by atoms with Crippen molar-refractivity contribution < 1.29 is 9.59 Å². The number of hydrogen-bond donors (Lipinski definition) is 2. The summed E-state index contributed by atoms with van der Waals surface area (Å²) in [5.74, 6) is -0.702. The second kappa shape index (κ2) is 6.64. The van der Waals surface area contributed by atoms with Gasteiger partial charge in [0.15, 0.2) is 0 Å². The predicted octanol–water partition coefficient (Wildman–Crippen LogP) is 4.14. The normalized spacial score (nSPS) is 17.3. The molecule has 2 N–H and O–H groups in total. The fourth-order valence-electron chi connectivity index (χ4n) is 3.67. The monoisotopic (exact) mass is 344 g/mol. The smallest absolute Gasteiger partial charge is 0.228 e. The number of anilines is 1. The van der Waals surface area contributed by atoms with E-state index in [-0.39, 0.29) is 24.3 Å². The van der Waals surface area contributed by atoms with Gasteiger partial charge in [-0.3, -0.25) is 9.59 Å². The van der Waals surface area contributed by atoms with E-state index in [4.69, 9.17) is 0 Å². The number of benzene rings is 3. The Kier molecular flexibility index (Phi) is 4.17. The van der Waals surface area contributed by atoms with Crippen molar-refractivity contribution in [2.45, 2.75) is 25.3 Å². The highest BCUT2D eigenvalue weighted by atomic mass is 16.2. The van der Waals surface area contributed by atoms with Crippen LogP contribution in [0.2, 0.25) is 0 Å². The molecular formula is C22H20N2O2. The highest BCUT2D eigenvalue weighted by molar-refractivity contribution is 6.01. The Bertz CT molecular complexity index is 991. The van der Waals surface area contributed by atoms with Crippen LogP contribution in [0.4, 0.5) is 5.69 Å². The van der Waals surface area contributed by atoms with E-state index in [1.54, 1.807) is 0 Å². The maximum Gasteiger partial charge on any atom is 0.228 e. The van der Waals surface area contributed by atoms with Gasteiger partial charge in [0.25, 0.3) is 0 Å². The van der Waals surface area contributed by atoms with E-state index in [2.05, 4.69) is 28.8 Å². The Morgan fingerprint density at radius 3 is 2.65 bits per heavy atom. The Labute approximate surface area is 152 Å². The van der Waals surface area contributed by atoms with Crippen molar-refractivity contribution in [3.63, 3.8) is 0 Å². The SMILES string of the molecule is CC(NC(=O)C1CC(=O)Nc2ccccc21)c1cccc2ccccc12. The van der Waals surface area contributed by atoms with E-state index in [9.17, 15) is 9.59 Å². The van der Waals surface area contributed by atoms with Gasteiger partial charge in [0.05, 0.1) is 12.0 Å². The third-order valence-corrected chi connectivity index (χ3v) is 4.96. The molecule has 0 spiro atoms. The lowest BCUT2D eigenvalue weighted by atomic mass is 9.89. The fourth-order valence-corrected chi connectivity index (χ4v) is 3.67. The second-order valence-corrected chi connectivity index (χ2v) is 6.69. The third kappa shape index (κ3) is 2.94. The van der Waals surface area contributed by atoms with E-state index in [0.29, 0.717) is 0 Å². The van der Waals surface area contributed by atoms with Crippen LogP contribution in [0.5, 0.6) is 0 Å². The first-order valence-corrected chi connectivity index (χ1v) is 8.80. The molecule has 2 atom stereocenters. The Balaban J connectivity index is 1.61. The third-order valence-electron chi connectivity index (χ3n) is 4.96. The number of amides is 2. The molecule has 3 aromatic rings. The van der Waals surface area contributed by atoms with E-state index in [1.165, 1.54) is 0 Å². The molecule has 0 radical (unpaired) electrons. The molecule has 4 heteroatoms. The van der Waals surface area contributed by atoms with Crippen LogP contribution in [0, 0.1) is 0 Å². The number of nitrogens with one attached hydrogen (secondary N) is 2. The largest absolute Gasteiger partial charge is 0.349 e. The van der Waals surface area contributed by atoms with Crippen molar-refractivity contribution in [1.82, 2.24) is 5.32 Å². The summed E-state index contributed by atoms with van der Waals surface area (Å²) in [6.45, 7) is 1.98. The first-order chi connectivity index (χ1) is 12.6. The van der Waals surface area contributed by atoms with Gasteiger partial charge in [0, 0.05) is 12.1 Å². The molecule has 0 saturated heterocycles. The fraction of sp³-hybridized carbons (Fsp3) is 0.182. The molecule has 0 fully saturated rings. The summed E-state index contributed by atoms with van der Waals surface area (Å²) < 4.78 is 0. The highest BCUT2D eigenvalue weighted by Crippen LogP contribution is 2.33. The topological polar surface area (TPSA) is 58.2 Å². The summed E-state index contributed by atoms with van der Waals surface area (Å²) in [5, 5.41) is 8.21. The van der Waals surface area contributed by atoms with E-state index >= 15 is 0 Å². The summed E-state index contributed by atoms with van der Waals surface area (Å²) in [5.41, 5.74) is 2.67. The van der Waals surface area contributed by atoms with E-state index in [0.717, 1.165) is 27.6 Å². The lowest BCUT2D eigenvalue weighted by molar-refractivity contribution is -0.126. The Hall–Kier alpha value is -3.14. The minimum absolute atomic E-state index is 0.118. The van der Waals surface area contributed by atoms with Crippen LogP contribution in [0.1, 0.15) is 36.4 Å². The van der Waals surface area contributed by atoms with Gasteiger partial charge in [0.1, 0.15) is 0 Å². The number of fused-ring (bicyclic) bond motifs is 2. The molecule has 26 heavy (non-hydrogen) atoms. The maximum absolute atomic E-state index is 12.9. The molecular weight excluding hydrogens is 324 g/mol. The summed E-state index contributed by atoms with van der Waals surface area (Å²) in [4.78, 5) is 24.9. The minimum Gasteiger partial charge on any atom is -0.349 e. The van der Waals surface area contributed by atoms with Gasteiger partial charge >= 0.3 is 0 Å². The minimum atomic E-state index is -0.461. The van der Waals surface area contributed by atoms with Crippen LogP contribution in [0.15, 0.2) is 66.7 Å². The summed E-state index contributed by atoms with van der Waals surface area (Å²) in [7, 11) is 0. The standard InChI is InChI=1S/C22H20N2O2/c1-14(16-11-6-8-15-7-2-3-9-17(15)16)23-22(26)19-13-21(25)24-20-12-5-4-10-18(19)20/h2-12,14,19H,13H2,1H3,(H,23,26)(H,24,25). The van der Waals surface area contributed by atoms with Gasteiger partial charge in [-0.25, -0.2) is 0 Å². The first-order valence-electron chi connectivity index (χ1n) is 8.80. The van der Waals surface area contributed by atoms with Gasteiger partial charge in [-0.15, -0.1) is 0 Å². The summed E-state index contributed by atoms with van der Waals surface area (Å²) in [6.07, 6.45) is 0.172. The van der Waals surface area contributed by atoms with Crippen molar-refractivity contribution >= 4 is 28.3 Å². The molecule has 1 aliphatic rings. The van der Waals surface area contributed by atoms with Gasteiger partial charge < -0.3 is 10.6 Å². The predicted molar refractivity (Wildman–Crippen MR) is 103 cm³/mol. The average Bonchev–Trinajstić information content (AvgIpc) is 2.66. The first kappa shape index (κ1) is 16.3. The Morgan fingerprint density at radius 1 is 1.04 bits per heavy atom. The van der Waals surface area contributed by atoms with Crippen LogP contribution in [-0.4, -0.2) is 11.8 Å². The number of hydrogen-bond acceptors (Lipinski definition) is 2. The Morgan fingerprint density at radius 2 is 1.77 bits per heavy atom. The van der Waals surface area contributed by atoms with Gasteiger partial charge in [-0.1, -0.05) is 60.7 Å². The zero-order chi connectivity index (χ0) is 18.1. The van der Waals surface area contributed by atoms with Crippen LogP contribution in [0.25, 0.3) is 10.8 Å². The number of rotatable bonds is 3. The van der Waals surface area contributed by atoms with Crippen molar-refractivity contribution in [2.24, 2.45) is 0 Å². The molecule has 4 nitrogen and oxygen atoms in total. The number of para-hydroxylation sites is 1. The van der Waals surface area contributed by atoms with Gasteiger partial charge in [0.2, 0.25) is 11.8 Å². The van der Waals surface area contributed by atoms with Crippen molar-refractivity contribution in [2.75, 3.05) is 5.32 Å². The molecule has 130 valence electrons. The lowest BCUT2D eigenvalue weighted by Gasteiger charge is -2.26. The zero-order valence-corrected chi connectivity index (χ0v) is 14.5. The molecule has 0 bridgehead atoms. The highest BCUT2D eigenvalue weighted by Gasteiger charge is 2.31. The summed E-state index contributed by atoms with van der Waals surface area (Å²) >= 11 is 0. The zero-order valence-electron chi connectivity index (χ0n) is 14.5. The van der Waals surface area contributed by atoms with Crippen LogP contribution in [0.3, 0.4) is 0 Å². The van der Waals surface area contributed by atoms with Crippen molar-refractivity contribution in [3.8, 4) is 0 Å². The van der Waals surface area contributed by atoms with Gasteiger partial charge in [-0.2, -0.15) is 0 Å². The van der Waals surface area contributed by atoms with E-state index < -0.39 is 5.92 Å². The number of carbonyl (C=O) groups is 2. The molecule has 1 heterocycles.